The first-order valence-corrected chi connectivity index (χ1v) is 14.4. The molecule has 0 saturated carbocycles. The van der Waals surface area contributed by atoms with Gasteiger partial charge in [0.2, 0.25) is 10.0 Å². The van der Waals surface area contributed by atoms with E-state index < -0.39 is 21.9 Å². The Morgan fingerprint density at radius 1 is 1.17 bits per heavy atom. The van der Waals surface area contributed by atoms with Crippen molar-refractivity contribution >= 4 is 38.2 Å². The van der Waals surface area contributed by atoms with Crippen LogP contribution in [0.1, 0.15) is 58.3 Å². The topological polar surface area (TPSA) is 105 Å². The van der Waals surface area contributed by atoms with Crippen molar-refractivity contribution in [2.24, 2.45) is 0 Å². The number of nitrogens with zero attached hydrogens (tertiary/aromatic N) is 2. The summed E-state index contributed by atoms with van der Waals surface area (Å²) < 4.78 is 38.3. The summed E-state index contributed by atoms with van der Waals surface area (Å²) in [5, 5.41) is 3.32. The number of rotatable bonds is 7. The van der Waals surface area contributed by atoms with Crippen LogP contribution in [0.3, 0.4) is 0 Å². The molecule has 0 aliphatic carbocycles. The van der Waals surface area contributed by atoms with Crippen LogP contribution in [0.2, 0.25) is 0 Å². The van der Waals surface area contributed by atoms with Crippen LogP contribution in [0.15, 0.2) is 29.2 Å². The minimum atomic E-state index is -3.70. The number of benzene rings is 1. The van der Waals surface area contributed by atoms with E-state index >= 15 is 0 Å². The predicted molar refractivity (Wildman–Crippen MR) is 138 cm³/mol. The van der Waals surface area contributed by atoms with Gasteiger partial charge in [-0.2, -0.15) is 4.31 Å². The second kappa shape index (κ2) is 11.0. The molecule has 196 valence electrons. The van der Waals surface area contributed by atoms with Crippen molar-refractivity contribution in [1.29, 1.82) is 0 Å². The summed E-state index contributed by atoms with van der Waals surface area (Å²) >= 11 is 1.40. The van der Waals surface area contributed by atoms with Crippen molar-refractivity contribution in [3.8, 4) is 0 Å². The molecule has 1 aromatic carbocycles. The molecule has 0 bridgehead atoms. The SMILES string of the molecule is CCCN1CCc2c(sc(NC(=O)c3ccc(S(=O)(=O)N4CC(C)OC(C)C4)cc3)c2C(=O)OC)C1. The molecule has 1 saturated heterocycles. The average Bonchev–Trinajstić information content (AvgIpc) is 3.20. The van der Waals surface area contributed by atoms with Crippen molar-refractivity contribution in [3.05, 3.63) is 45.8 Å². The smallest absolute Gasteiger partial charge is 0.341 e. The van der Waals surface area contributed by atoms with Crippen LogP contribution in [0.25, 0.3) is 0 Å². The number of nitrogens with one attached hydrogen (secondary N) is 1. The number of esters is 1. The summed E-state index contributed by atoms with van der Waals surface area (Å²) in [6.45, 7) is 8.95. The van der Waals surface area contributed by atoms with E-state index in [9.17, 15) is 18.0 Å². The number of carbonyl (C=O) groups is 2. The van der Waals surface area contributed by atoms with Crippen LogP contribution in [0.5, 0.6) is 0 Å². The third-order valence-corrected chi connectivity index (χ3v) is 9.41. The van der Waals surface area contributed by atoms with E-state index in [0.717, 1.165) is 42.9 Å². The number of sulfonamides is 1. The number of amides is 1. The Bertz CT molecular complexity index is 1220. The lowest BCUT2D eigenvalue weighted by Crippen LogP contribution is -2.48. The Morgan fingerprint density at radius 3 is 2.44 bits per heavy atom. The molecule has 2 unspecified atom stereocenters. The number of morpholine rings is 1. The monoisotopic (exact) mass is 535 g/mol. The first-order valence-electron chi connectivity index (χ1n) is 12.2. The standard InChI is InChI=1S/C25H33N3O6S2/c1-5-11-27-12-10-20-21(15-27)35-24(22(20)25(30)33-4)26-23(29)18-6-8-19(9-7-18)36(31,32)28-13-16(2)34-17(3)14-28/h6-9,16-17H,5,10-15H2,1-4H3,(H,26,29). The zero-order chi connectivity index (χ0) is 26.0. The molecular weight excluding hydrogens is 502 g/mol. The van der Waals surface area contributed by atoms with E-state index in [2.05, 4.69) is 17.1 Å². The van der Waals surface area contributed by atoms with E-state index in [-0.39, 0.29) is 30.2 Å². The van der Waals surface area contributed by atoms with Crippen molar-refractivity contribution in [1.82, 2.24) is 9.21 Å². The number of carbonyl (C=O) groups excluding carboxylic acids is 2. The zero-order valence-electron chi connectivity index (χ0n) is 21.1. The average molecular weight is 536 g/mol. The molecule has 1 amide bonds. The highest BCUT2D eigenvalue weighted by molar-refractivity contribution is 7.89. The van der Waals surface area contributed by atoms with Crippen molar-refractivity contribution in [2.45, 2.75) is 57.3 Å². The molecule has 9 nitrogen and oxygen atoms in total. The summed E-state index contributed by atoms with van der Waals surface area (Å²) in [6.07, 6.45) is 1.38. The van der Waals surface area contributed by atoms with Crippen molar-refractivity contribution in [3.63, 3.8) is 0 Å². The molecule has 4 rings (SSSR count). The number of thiophene rings is 1. The molecule has 1 aromatic heterocycles. The third kappa shape index (κ3) is 5.50. The quantitative estimate of drug-likeness (QED) is 0.542. The van der Waals surface area contributed by atoms with Crippen molar-refractivity contribution < 1.29 is 27.5 Å². The molecule has 2 atom stereocenters. The summed E-state index contributed by atoms with van der Waals surface area (Å²) in [5.41, 5.74) is 1.65. The van der Waals surface area contributed by atoms with Gasteiger partial charge in [-0.25, -0.2) is 13.2 Å². The summed E-state index contributed by atoms with van der Waals surface area (Å²) in [6, 6.07) is 5.87. The fourth-order valence-corrected chi connectivity index (χ4v) is 7.66. The highest BCUT2D eigenvalue weighted by Gasteiger charge is 2.33. The summed E-state index contributed by atoms with van der Waals surface area (Å²) in [5.74, 6) is -0.885. The van der Waals surface area contributed by atoms with E-state index in [4.69, 9.17) is 9.47 Å². The van der Waals surface area contributed by atoms with E-state index in [0.29, 0.717) is 16.1 Å². The van der Waals surface area contributed by atoms with Gasteiger partial charge < -0.3 is 14.8 Å². The fourth-order valence-electron chi connectivity index (χ4n) is 4.80. The fraction of sp³-hybridized carbons (Fsp3) is 0.520. The second-order valence-corrected chi connectivity index (χ2v) is 12.3. The molecule has 2 aliphatic heterocycles. The Kier molecular flexibility index (Phi) is 8.15. The molecule has 3 heterocycles. The van der Waals surface area contributed by atoms with Crippen molar-refractivity contribution in [2.75, 3.05) is 38.6 Å². The predicted octanol–water partition coefficient (Wildman–Crippen LogP) is 3.35. The summed E-state index contributed by atoms with van der Waals surface area (Å²) in [7, 11) is -2.37. The van der Waals surface area contributed by atoms with Crippen LogP contribution < -0.4 is 5.32 Å². The molecule has 1 fully saturated rings. The van der Waals surface area contributed by atoms with E-state index in [1.54, 1.807) is 0 Å². The lowest BCUT2D eigenvalue weighted by molar-refractivity contribution is -0.0440. The first-order chi connectivity index (χ1) is 17.1. The van der Waals surface area contributed by atoms with Crippen LogP contribution in [-0.2, 0) is 32.5 Å². The van der Waals surface area contributed by atoms with Gasteiger partial charge >= 0.3 is 5.97 Å². The molecule has 0 radical (unpaired) electrons. The lowest BCUT2D eigenvalue weighted by Gasteiger charge is -2.34. The Balaban J connectivity index is 1.53. The molecule has 1 N–H and O–H groups in total. The number of hydrogen-bond acceptors (Lipinski definition) is 8. The number of hydrogen-bond donors (Lipinski definition) is 1. The van der Waals surface area contributed by atoms with Gasteiger partial charge in [0.05, 0.1) is 29.8 Å². The molecule has 0 spiro atoms. The molecule has 2 aliphatic rings. The molecule has 11 heteroatoms. The maximum atomic E-state index is 13.1. The number of methoxy groups -OCH3 is 1. The number of ether oxygens (including phenoxy) is 2. The normalized spacial score (nSPS) is 21.1. The van der Waals surface area contributed by atoms with Gasteiger partial charge in [0.15, 0.2) is 0 Å². The van der Waals surface area contributed by atoms with Crippen LogP contribution in [0.4, 0.5) is 5.00 Å². The van der Waals surface area contributed by atoms with Crippen LogP contribution in [-0.4, -0.2) is 75.0 Å². The number of anilines is 1. The zero-order valence-corrected chi connectivity index (χ0v) is 22.7. The van der Waals surface area contributed by atoms with Gasteiger partial charge in [-0.3, -0.25) is 9.69 Å². The first kappa shape index (κ1) is 26.7. The van der Waals surface area contributed by atoms with Crippen LogP contribution >= 0.6 is 11.3 Å². The Labute approximate surface area is 216 Å². The molecular formula is C25H33N3O6S2. The van der Waals surface area contributed by atoms with Gasteiger partial charge in [0, 0.05) is 36.6 Å². The van der Waals surface area contributed by atoms with E-state index in [1.165, 1.54) is 47.0 Å². The lowest BCUT2D eigenvalue weighted by atomic mass is 10.0. The molecule has 36 heavy (non-hydrogen) atoms. The minimum absolute atomic E-state index is 0.123. The van der Waals surface area contributed by atoms with Gasteiger partial charge in [0.25, 0.3) is 5.91 Å². The maximum Gasteiger partial charge on any atom is 0.341 e. The number of fused-ring (bicyclic) bond motifs is 1. The summed E-state index contributed by atoms with van der Waals surface area (Å²) in [4.78, 5) is 29.2. The van der Waals surface area contributed by atoms with E-state index in [1.807, 2.05) is 13.8 Å². The van der Waals surface area contributed by atoms with Gasteiger partial charge in [-0.05, 0) is 63.1 Å². The molecule has 2 aromatic rings. The second-order valence-electron chi connectivity index (χ2n) is 9.28. The largest absolute Gasteiger partial charge is 0.465 e. The maximum absolute atomic E-state index is 13.1. The Morgan fingerprint density at radius 2 is 1.83 bits per heavy atom. The van der Waals surface area contributed by atoms with Crippen LogP contribution in [0, 0.1) is 0 Å². The van der Waals surface area contributed by atoms with Gasteiger partial charge in [0.1, 0.15) is 5.00 Å². The highest BCUT2D eigenvalue weighted by atomic mass is 32.2. The van der Waals surface area contributed by atoms with Gasteiger partial charge in [-0.1, -0.05) is 6.92 Å². The third-order valence-electron chi connectivity index (χ3n) is 6.43. The minimum Gasteiger partial charge on any atom is -0.465 e. The van der Waals surface area contributed by atoms with Gasteiger partial charge in [-0.15, -0.1) is 11.3 Å². The highest BCUT2D eigenvalue weighted by Crippen LogP contribution is 2.38. The Hall–Kier alpha value is -2.31.